The van der Waals surface area contributed by atoms with Crippen molar-refractivity contribution in [3.05, 3.63) is 138 Å². The Balaban J connectivity index is 1.43. The average Bonchev–Trinajstić information content (AvgIpc) is 3.45. The summed E-state index contributed by atoms with van der Waals surface area (Å²) in [6.07, 6.45) is 3.84. The first-order chi connectivity index (χ1) is 25.6. The third-order valence-electron chi connectivity index (χ3n) is 10.6. The fourth-order valence-corrected chi connectivity index (χ4v) is 7.43. The molecule has 5 aromatic carbocycles. The monoisotopic (exact) mass is 708 g/mol. The summed E-state index contributed by atoms with van der Waals surface area (Å²) in [6, 6.07) is 38.3. The summed E-state index contributed by atoms with van der Waals surface area (Å²) in [4.78, 5) is 15.5. The maximum atomic E-state index is 12.2. The molecule has 0 saturated carbocycles. The van der Waals surface area contributed by atoms with Crippen LogP contribution in [0.5, 0.6) is 5.75 Å². The fraction of sp³-hybridized carbons (Fsp3) is 0.245. The summed E-state index contributed by atoms with van der Waals surface area (Å²) >= 11 is 0. The highest BCUT2D eigenvalue weighted by Crippen LogP contribution is 2.47. The summed E-state index contributed by atoms with van der Waals surface area (Å²) in [6.45, 7) is 19.9. The van der Waals surface area contributed by atoms with Gasteiger partial charge in [-0.25, -0.2) is 4.98 Å². The lowest BCUT2D eigenvalue weighted by Crippen LogP contribution is -2.17. The number of pyridine rings is 1. The molecule has 2 aromatic heterocycles. The zero-order valence-corrected chi connectivity index (χ0v) is 32.8. The summed E-state index contributed by atoms with van der Waals surface area (Å²) in [7, 11) is 0. The standard InChI is InChI=1S/C49H48N4O/c1-47(2,3)35-24-33(23-34(25-35)41-26-31(21-22-50-41)30-15-11-10-12-16-30)37-19-20-40-44-43(37)52-46(53(44)42-18-14-13-17-32(42)29-51-40)38-27-36(48(4,5)6)28-39(45(38)54)49(7,8)9/h10-29,54H,1-9H3. The van der Waals surface area contributed by atoms with Gasteiger partial charge in [-0.05, 0) is 92.6 Å². The van der Waals surface area contributed by atoms with Gasteiger partial charge >= 0.3 is 0 Å². The molecule has 1 N–H and O–H groups in total. The minimum absolute atomic E-state index is 0.125. The summed E-state index contributed by atoms with van der Waals surface area (Å²) < 4.78 is 2.21. The quantitative estimate of drug-likeness (QED) is 0.198. The summed E-state index contributed by atoms with van der Waals surface area (Å²) in [5.41, 5.74) is 14.2. The number of aromatic nitrogens is 3. The fourth-order valence-electron chi connectivity index (χ4n) is 7.43. The van der Waals surface area contributed by atoms with E-state index in [2.05, 4.69) is 164 Å². The smallest absolute Gasteiger partial charge is 0.149 e. The number of nitrogens with zero attached hydrogens (tertiary/aromatic N) is 4. The van der Waals surface area contributed by atoms with E-state index in [4.69, 9.17) is 15.0 Å². The van der Waals surface area contributed by atoms with Gasteiger partial charge in [-0.3, -0.25) is 14.5 Å². The van der Waals surface area contributed by atoms with E-state index in [1.54, 1.807) is 0 Å². The van der Waals surface area contributed by atoms with E-state index < -0.39 is 0 Å². The number of aliphatic imine (C=N–C) groups is 1. The van der Waals surface area contributed by atoms with E-state index in [1.165, 1.54) is 5.56 Å². The van der Waals surface area contributed by atoms with Gasteiger partial charge in [-0.1, -0.05) is 123 Å². The molecule has 0 spiro atoms. The van der Waals surface area contributed by atoms with Gasteiger partial charge in [0.2, 0.25) is 0 Å². The molecular weight excluding hydrogens is 661 g/mol. The van der Waals surface area contributed by atoms with Crippen LogP contribution in [-0.2, 0) is 16.2 Å². The van der Waals surface area contributed by atoms with Crippen molar-refractivity contribution in [3.8, 4) is 56.3 Å². The number of aromatic hydroxyl groups is 1. The van der Waals surface area contributed by atoms with Crippen molar-refractivity contribution in [3.63, 3.8) is 0 Å². The number of phenols is 1. The molecule has 1 aliphatic heterocycles. The number of benzene rings is 5. The molecular formula is C49H48N4O. The Labute approximate surface area is 319 Å². The van der Waals surface area contributed by atoms with Gasteiger partial charge in [0.1, 0.15) is 11.6 Å². The molecule has 3 heterocycles. The Morgan fingerprint density at radius 3 is 1.98 bits per heavy atom. The first kappa shape index (κ1) is 35.2. The lowest BCUT2D eigenvalue weighted by atomic mass is 9.79. The van der Waals surface area contributed by atoms with Crippen LogP contribution in [0.25, 0.3) is 61.6 Å². The van der Waals surface area contributed by atoms with E-state index in [1.807, 2.05) is 24.5 Å². The Morgan fingerprint density at radius 1 is 0.574 bits per heavy atom. The van der Waals surface area contributed by atoms with E-state index in [0.29, 0.717) is 11.4 Å². The highest BCUT2D eigenvalue weighted by Gasteiger charge is 2.30. The number of hydrogen-bond donors (Lipinski definition) is 1. The molecule has 8 rings (SSSR count). The van der Waals surface area contributed by atoms with E-state index in [0.717, 1.165) is 72.6 Å². The van der Waals surface area contributed by atoms with Gasteiger partial charge in [0, 0.05) is 34.7 Å². The zero-order chi connectivity index (χ0) is 38.2. The van der Waals surface area contributed by atoms with Crippen molar-refractivity contribution in [1.29, 1.82) is 0 Å². The van der Waals surface area contributed by atoms with Crippen LogP contribution in [0.15, 0.2) is 120 Å². The average molecular weight is 709 g/mol. The van der Waals surface area contributed by atoms with Crippen LogP contribution in [-0.4, -0.2) is 25.9 Å². The second-order valence-electron chi connectivity index (χ2n) is 17.7. The zero-order valence-electron chi connectivity index (χ0n) is 32.8. The number of para-hydroxylation sites is 1. The van der Waals surface area contributed by atoms with Gasteiger partial charge in [-0.2, -0.15) is 0 Å². The summed E-state index contributed by atoms with van der Waals surface area (Å²) in [5, 5.41) is 12.2. The molecule has 1 aliphatic rings. The van der Waals surface area contributed by atoms with Gasteiger partial charge in [0.05, 0.1) is 33.7 Å². The van der Waals surface area contributed by atoms with Crippen LogP contribution >= 0.6 is 0 Å². The molecule has 0 bridgehead atoms. The second kappa shape index (κ2) is 12.7. The minimum Gasteiger partial charge on any atom is -0.507 e. The maximum absolute atomic E-state index is 12.2. The maximum Gasteiger partial charge on any atom is 0.149 e. The normalized spacial score (nSPS) is 12.9. The first-order valence-electron chi connectivity index (χ1n) is 18.8. The van der Waals surface area contributed by atoms with Crippen LogP contribution in [0.4, 0.5) is 5.69 Å². The van der Waals surface area contributed by atoms with Gasteiger partial charge in [-0.15, -0.1) is 0 Å². The number of rotatable bonds is 4. The Bertz CT molecular complexity index is 2610. The number of fused-ring (bicyclic) bond motifs is 2. The van der Waals surface area contributed by atoms with Crippen LogP contribution in [0.3, 0.4) is 0 Å². The highest BCUT2D eigenvalue weighted by molar-refractivity contribution is 6.05. The molecule has 0 radical (unpaired) electrons. The second-order valence-corrected chi connectivity index (χ2v) is 17.7. The van der Waals surface area contributed by atoms with Gasteiger partial charge in [0.25, 0.3) is 0 Å². The van der Waals surface area contributed by atoms with Crippen molar-refractivity contribution in [2.45, 2.75) is 78.6 Å². The molecule has 7 aromatic rings. The SMILES string of the molecule is CC(C)(C)c1cc(-c2cc(-c3ccccc3)ccn2)cc(-c2ccc3c4c2nc(-c2cc(C(C)(C)C)cc(C(C)(C)C)c2O)n4-c2ccccc2C=N3)c1. The molecule has 5 heteroatoms. The van der Waals surface area contributed by atoms with Crippen molar-refractivity contribution < 1.29 is 5.11 Å². The van der Waals surface area contributed by atoms with Crippen LogP contribution < -0.4 is 0 Å². The number of hydrogen-bond acceptors (Lipinski definition) is 4. The molecule has 0 amide bonds. The van der Waals surface area contributed by atoms with Crippen molar-refractivity contribution in [2.75, 3.05) is 0 Å². The van der Waals surface area contributed by atoms with Crippen molar-refractivity contribution >= 4 is 22.9 Å². The molecule has 0 atom stereocenters. The van der Waals surface area contributed by atoms with Crippen LogP contribution in [0.2, 0.25) is 0 Å². The van der Waals surface area contributed by atoms with Crippen LogP contribution in [0, 0.1) is 0 Å². The predicted molar refractivity (Wildman–Crippen MR) is 226 cm³/mol. The number of phenolic OH excluding ortho intramolecular Hbond substituents is 1. The number of imidazole rings is 1. The Kier molecular flexibility index (Phi) is 8.26. The van der Waals surface area contributed by atoms with E-state index in [-0.39, 0.29) is 22.0 Å². The minimum atomic E-state index is -0.294. The van der Waals surface area contributed by atoms with Gasteiger partial charge in [0.15, 0.2) is 0 Å². The van der Waals surface area contributed by atoms with Crippen molar-refractivity contribution in [1.82, 2.24) is 14.5 Å². The molecule has 0 unspecified atom stereocenters. The molecule has 0 fully saturated rings. The van der Waals surface area contributed by atoms with Gasteiger partial charge < -0.3 is 5.11 Å². The predicted octanol–water partition coefficient (Wildman–Crippen LogP) is 12.8. The molecule has 54 heavy (non-hydrogen) atoms. The highest BCUT2D eigenvalue weighted by atomic mass is 16.3. The largest absolute Gasteiger partial charge is 0.507 e. The summed E-state index contributed by atoms with van der Waals surface area (Å²) in [5.74, 6) is 0.948. The lowest BCUT2D eigenvalue weighted by Gasteiger charge is -2.27. The van der Waals surface area contributed by atoms with Crippen molar-refractivity contribution in [2.24, 2.45) is 4.99 Å². The topological polar surface area (TPSA) is 63.3 Å². The van der Waals surface area contributed by atoms with E-state index >= 15 is 0 Å². The molecule has 5 nitrogen and oxygen atoms in total. The lowest BCUT2D eigenvalue weighted by molar-refractivity contribution is 0.446. The molecule has 0 saturated heterocycles. The Hall–Kier alpha value is -5.81. The van der Waals surface area contributed by atoms with E-state index in [9.17, 15) is 5.11 Å². The van der Waals surface area contributed by atoms with Crippen LogP contribution in [0.1, 0.15) is 84.6 Å². The Morgan fingerprint density at radius 2 is 1.26 bits per heavy atom. The molecule has 270 valence electrons. The third kappa shape index (κ3) is 6.22. The molecule has 0 aliphatic carbocycles. The third-order valence-corrected chi connectivity index (χ3v) is 10.6. The first-order valence-corrected chi connectivity index (χ1v) is 18.8.